The number of benzene rings is 2. The van der Waals surface area contributed by atoms with Crippen molar-refractivity contribution in [2.75, 3.05) is 11.9 Å². The van der Waals surface area contributed by atoms with Crippen molar-refractivity contribution in [1.29, 1.82) is 0 Å². The van der Waals surface area contributed by atoms with E-state index in [1.807, 2.05) is 19.1 Å². The van der Waals surface area contributed by atoms with Crippen molar-refractivity contribution in [1.82, 2.24) is 5.32 Å². The summed E-state index contributed by atoms with van der Waals surface area (Å²) in [6.45, 7) is 3.20. The van der Waals surface area contributed by atoms with E-state index in [0.717, 1.165) is 16.5 Å². The maximum absolute atomic E-state index is 12.1. The second-order valence-corrected chi connectivity index (χ2v) is 6.78. The Morgan fingerprint density at radius 1 is 1.04 bits per heavy atom. The molecule has 1 atom stereocenters. The van der Waals surface area contributed by atoms with Gasteiger partial charge >= 0.3 is 5.97 Å². The Morgan fingerprint density at radius 2 is 1.67 bits per heavy atom. The second-order valence-electron chi connectivity index (χ2n) is 5.86. The first kappa shape index (κ1) is 20.6. The molecule has 27 heavy (non-hydrogen) atoms. The zero-order chi connectivity index (χ0) is 19.8. The molecule has 0 aliphatic rings. The lowest BCUT2D eigenvalue weighted by Gasteiger charge is -2.14. The predicted molar refractivity (Wildman–Crippen MR) is 106 cm³/mol. The number of carbonyl (C=O) groups excluding carboxylic acids is 3. The number of anilines is 1. The van der Waals surface area contributed by atoms with E-state index in [1.165, 1.54) is 6.92 Å². The summed E-state index contributed by atoms with van der Waals surface area (Å²) in [5.41, 5.74) is 2.21. The van der Waals surface area contributed by atoms with Crippen LogP contribution in [0.5, 0.6) is 0 Å². The number of nitrogens with one attached hydrogen (secondary N) is 2. The molecule has 0 heterocycles. The third kappa shape index (κ3) is 6.53. The summed E-state index contributed by atoms with van der Waals surface area (Å²) >= 11 is 3.28. The van der Waals surface area contributed by atoms with E-state index in [0.29, 0.717) is 11.3 Å². The molecule has 0 aliphatic heterocycles. The van der Waals surface area contributed by atoms with E-state index in [2.05, 4.69) is 26.6 Å². The third-order valence-corrected chi connectivity index (χ3v) is 4.34. The molecular formula is C20H21BrN2O4. The maximum Gasteiger partial charge on any atom is 0.326 e. The minimum absolute atomic E-state index is 0.322. The number of ether oxygens (including phenoxy) is 1. The fourth-order valence-corrected chi connectivity index (χ4v) is 2.48. The molecule has 0 aromatic heterocycles. The molecule has 0 fully saturated rings. The van der Waals surface area contributed by atoms with Crippen LogP contribution in [0.15, 0.2) is 53.0 Å². The number of hydrogen-bond acceptors (Lipinski definition) is 4. The number of carbonyl (C=O) groups is 3. The van der Waals surface area contributed by atoms with Crippen molar-refractivity contribution in [3.05, 3.63) is 64.1 Å². The van der Waals surface area contributed by atoms with Gasteiger partial charge in [0, 0.05) is 15.7 Å². The molecular weight excluding hydrogens is 412 g/mol. The Morgan fingerprint density at radius 3 is 2.26 bits per heavy atom. The van der Waals surface area contributed by atoms with E-state index >= 15 is 0 Å². The summed E-state index contributed by atoms with van der Waals surface area (Å²) in [6.07, 6.45) is -0.0678. The SMILES string of the molecule is CCc1ccc(NC(=O)[C@@H](C)OC(=O)CNC(=O)c2ccc(Br)cc2)cc1. The molecule has 2 rings (SSSR count). The van der Waals surface area contributed by atoms with Crippen LogP contribution in [0.2, 0.25) is 0 Å². The van der Waals surface area contributed by atoms with Crippen LogP contribution in [-0.2, 0) is 20.7 Å². The van der Waals surface area contributed by atoms with Crippen molar-refractivity contribution < 1.29 is 19.1 Å². The lowest BCUT2D eigenvalue weighted by Crippen LogP contribution is -2.35. The van der Waals surface area contributed by atoms with Crippen molar-refractivity contribution in [3.63, 3.8) is 0 Å². The van der Waals surface area contributed by atoms with E-state index in [1.54, 1.807) is 36.4 Å². The average molecular weight is 433 g/mol. The van der Waals surface area contributed by atoms with Crippen LogP contribution in [0.3, 0.4) is 0 Å². The van der Waals surface area contributed by atoms with Crippen LogP contribution < -0.4 is 10.6 Å². The second kappa shape index (κ2) is 9.87. The summed E-state index contributed by atoms with van der Waals surface area (Å²) in [6, 6.07) is 14.1. The summed E-state index contributed by atoms with van der Waals surface area (Å²) in [5, 5.41) is 5.15. The molecule has 0 radical (unpaired) electrons. The molecule has 0 saturated carbocycles. The lowest BCUT2D eigenvalue weighted by atomic mass is 10.1. The summed E-state index contributed by atoms with van der Waals surface area (Å²) in [7, 11) is 0. The molecule has 142 valence electrons. The molecule has 0 aliphatic carbocycles. The van der Waals surface area contributed by atoms with Crippen molar-refractivity contribution >= 4 is 39.4 Å². The molecule has 0 spiro atoms. The van der Waals surface area contributed by atoms with Gasteiger partial charge in [0.15, 0.2) is 6.10 Å². The molecule has 0 bridgehead atoms. The maximum atomic E-state index is 12.1. The molecule has 2 aromatic rings. The topological polar surface area (TPSA) is 84.5 Å². The van der Waals surface area contributed by atoms with E-state index in [4.69, 9.17) is 4.74 Å². The first-order chi connectivity index (χ1) is 12.9. The van der Waals surface area contributed by atoms with Gasteiger partial charge in [0.25, 0.3) is 11.8 Å². The van der Waals surface area contributed by atoms with Gasteiger partial charge in [-0.1, -0.05) is 35.0 Å². The van der Waals surface area contributed by atoms with Crippen LogP contribution in [0.25, 0.3) is 0 Å². The Kier molecular flexibility index (Phi) is 7.55. The summed E-state index contributed by atoms with van der Waals surface area (Å²) in [4.78, 5) is 35.9. The normalized spacial score (nSPS) is 11.4. The quantitative estimate of drug-likeness (QED) is 0.657. The highest BCUT2D eigenvalue weighted by atomic mass is 79.9. The predicted octanol–water partition coefficient (Wildman–Crippen LogP) is 3.31. The Hall–Kier alpha value is -2.67. The van der Waals surface area contributed by atoms with Gasteiger partial charge in [-0.05, 0) is 55.3 Å². The fourth-order valence-electron chi connectivity index (χ4n) is 2.22. The summed E-state index contributed by atoms with van der Waals surface area (Å²) < 4.78 is 5.91. The number of aryl methyl sites for hydroxylation is 1. The zero-order valence-corrected chi connectivity index (χ0v) is 16.7. The standard InChI is InChI=1S/C20H21BrN2O4/c1-3-14-4-10-17(11-5-14)23-19(25)13(2)27-18(24)12-22-20(26)15-6-8-16(21)9-7-15/h4-11,13H,3,12H2,1-2H3,(H,22,26)(H,23,25)/t13-/m1/s1. The summed E-state index contributed by atoms with van der Waals surface area (Å²) in [5.74, 6) is -1.52. The highest BCUT2D eigenvalue weighted by molar-refractivity contribution is 9.10. The van der Waals surface area contributed by atoms with E-state index in [9.17, 15) is 14.4 Å². The van der Waals surface area contributed by atoms with Crippen LogP contribution in [0.1, 0.15) is 29.8 Å². The number of halogens is 1. The Bertz CT molecular complexity index is 804. The molecule has 7 heteroatoms. The molecule has 2 aromatic carbocycles. The highest BCUT2D eigenvalue weighted by Crippen LogP contribution is 2.11. The number of hydrogen-bond donors (Lipinski definition) is 2. The van der Waals surface area contributed by atoms with Gasteiger partial charge < -0.3 is 15.4 Å². The Labute approximate surface area is 166 Å². The number of esters is 1. The first-order valence-corrected chi connectivity index (χ1v) is 9.31. The smallest absolute Gasteiger partial charge is 0.326 e. The molecule has 2 N–H and O–H groups in total. The van der Waals surface area contributed by atoms with Crippen LogP contribution in [0, 0.1) is 0 Å². The van der Waals surface area contributed by atoms with Gasteiger partial charge in [-0.2, -0.15) is 0 Å². The lowest BCUT2D eigenvalue weighted by molar-refractivity contribution is -0.152. The first-order valence-electron chi connectivity index (χ1n) is 8.52. The molecule has 0 unspecified atom stereocenters. The van der Waals surface area contributed by atoms with Crippen LogP contribution in [-0.4, -0.2) is 30.4 Å². The fraction of sp³-hybridized carbons (Fsp3) is 0.250. The van der Waals surface area contributed by atoms with Crippen LogP contribution >= 0.6 is 15.9 Å². The van der Waals surface area contributed by atoms with Crippen molar-refractivity contribution in [3.8, 4) is 0 Å². The van der Waals surface area contributed by atoms with Gasteiger partial charge in [0.05, 0.1) is 0 Å². The van der Waals surface area contributed by atoms with Gasteiger partial charge in [-0.15, -0.1) is 0 Å². The monoisotopic (exact) mass is 432 g/mol. The molecule has 2 amide bonds. The molecule has 6 nitrogen and oxygen atoms in total. The van der Waals surface area contributed by atoms with E-state index < -0.39 is 23.9 Å². The van der Waals surface area contributed by atoms with Gasteiger partial charge in [-0.25, -0.2) is 0 Å². The number of rotatable bonds is 7. The van der Waals surface area contributed by atoms with Crippen molar-refractivity contribution in [2.24, 2.45) is 0 Å². The average Bonchev–Trinajstić information content (AvgIpc) is 2.67. The van der Waals surface area contributed by atoms with Crippen LogP contribution in [0.4, 0.5) is 5.69 Å². The third-order valence-electron chi connectivity index (χ3n) is 3.81. The highest BCUT2D eigenvalue weighted by Gasteiger charge is 2.18. The van der Waals surface area contributed by atoms with E-state index in [-0.39, 0.29) is 6.54 Å². The minimum Gasteiger partial charge on any atom is -0.451 e. The molecule has 0 saturated heterocycles. The minimum atomic E-state index is -0.979. The Balaban J connectivity index is 1.78. The van der Waals surface area contributed by atoms with Gasteiger partial charge in [0.2, 0.25) is 0 Å². The van der Waals surface area contributed by atoms with Gasteiger partial charge in [0.1, 0.15) is 6.54 Å². The zero-order valence-electron chi connectivity index (χ0n) is 15.1. The largest absolute Gasteiger partial charge is 0.451 e. The van der Waals surface area contributed by atoms with Crippen molar-refractivity contribution in [2.45, 2.75) is 26.4 Å². The number of amides is 2. The van der Waals surface area contributed by atoms with Gasteiger partial charge in [-0.3, -0.25) is 14.4 Å².